The molecule has 0 radical (unpaired) electrons. The summed E-state index contributed by atoms with van der Waals surface area (Å²) in [4.78, 5) is 0. The lowest BCUT2D eigenvalue weighted by Crippen LogP contribution is -2.10. The van der Waals surface area contributed by atoms with Gasteiger partial charge in [-0.3, -0.25) is 0 Å². The van der Waals surface area contributed by atoms with E-state index in [-0.39, 0.29) is 17.9 Å². The van der Waals surface area contributed by atoms with Crippen LogP contribution in [0.2, 0.25) is 5.02 Å². The number of rotatable bonds is 2. The molecule has 0 amide bonds. The molecule has 0 spiro atoms. The highest BCUT2D eigenvalue weighted by molar-refractivity contribution is 6.30. The number of anilines is 1. The van der Waals surface area contributed by atoms with Crippen LogP contribution in [0.15, 0.2) is 42.5 Å². The molecule has 1 aliphatic rings. The Bertz CT molecular complexity index is 595. The molecule has 2 aromatic carbocycles. The second-order valence-electron chi connectivity index (χ2n) is 4.83. The highest BCUT2D eigenvalue weighted by atomic mass is 35.5. The minimum Gasteiger partial charge on any atom is -0.378 e. The fraction of sp³-hybridized carbons (Fsp3) is 0.200. The highest BCUT2D eigenvalue weighted by Crippen LogP contribution is 2.39. The van der Waals surface area contributed by atoms with Crippen molar-refractivity contribution in [2.24, 2.45) is 5.73 Å². The number of benzene rings is 2. The van der Waals surface area contributed by atoms with Crippen molar-refractivity contribution in [3.05, 3.63) is 64.4 Å². The van der Waals surface area contributed by atoms with Gasteiger partial charge in [-0.1, -0.05) is 35.9 Å². The van der Waals surface area contributed by atoms with Gasteiger partial charge in [-0.25, -0.2) is 4.39 Å². The summed E-state index contributed by atoms with van der Waals surface area (Å²) in [5.74, 6) is -0.342. The molecular formula is C15H14ClFN2. The number of hydrogen-bond acceptors (Lipinski definition) is 2. The molecule has 2 nitrogen and oxygen atoms in total. The average Bonchev–Trinajstić information content (AvgIpc) is 2.66. The summed E-state index contributed by atoms with van der Waals surface area (Å²) in [5.41, 5.74) is 9.12. The van der Waals surface area contributed by atoms with E-state index in [9.17, 15) is 4.39 Å². The van der Waals surface area contributed by atoms with E-state index in [1.54, 1.807) is 6.07 Å². The van der Waals surface area contributed by atoms with Crippen LogP contribution in [-0.4, -0.2) is 0 Å². The first-order valence-corrected chi connectivity index (χ1v) is 6.58. The van der Waals surface area contributed by atoms with Crippen LogP contribution in [0.3, 0.4) is 0 Å². The molecule has 2 aromatic rings. The highest BCUT2D eigenvalue weighted by Gasteiger charge is 2.28. The van der Waals surface area contributed by atoms with Gasteiger partial charge in [-0.05, 0) is 35.7 Å². The summed E-state index contributed by atoms with van der Waals surface area (Å²) in [5, 5.41) is 3.69. The van der Waals surface area contributed by atoms with Crippen LogP contribution in [0.4, 0.5) is 10.1 Å². The van der Waals surface area contributed by atoms with Gasteiger partial charge in [-0.2, -0.15) is 0 Å². The third-order valence-electron chi connectivity index (χ3n) is 3.46. The molecule has 3 rings (SSSR count). The Morgan fingerprint density at radius 3 is 2.63 bits per heavy atom. The number of halogens is 2. The SMILES string of the molecule is NC1CC(Nc2cc(F)cc(Cl)c2)c2ccccc21. The van der Waals surface area contributed by atoms with Crippen molar-refractivity contribution >= 4 is 17.3 Å². The van der Waals surface area contributed by atoms with E-state index < -0.39 is 0 Å². The average molecular weight is 277 g/mol. The van der Waals surface area contributed by atoms with Crippen LogP contribution >= 0.6 is 11.6 Å². The van der Waals surface area contributed by atoms with Gasteiger partial charge in [0.15, 0.2) is 0 Å². The van der Waals surface area contributed by atoms with Gasteiger partial charge in [0, 0.05) is 16.8 Å². The van der Waals surface area contributed by atoms with Crippen LogP contribution in [0.1, 0.15) is 29.6 Å². The Kier molecular flexibility index (Phi) is 3.17. The molecule has 0 saturated carbocycles. The van der Waals surface area contributed by atoms with Crippen molar-refractivity contribution in [1.29, 1.82) is 0 Å². The molecule has 0 heterocycles. The zero-order chi connectivity index (χ0) is 13.4. The first-order valence-electron chi connectivity index (χ1n) is 6.20. The maximum absolute atomic E-state index is 13.3. The largest absolute Gasteiger partial charge is 0.378 e. The second kappa shape index (κ2) is 4.83. The maximum Gasteiger partial charge on any atom is 0.126 e. The summed E-state index contributed by atoms with van der Waals surface area (Å²) < 4.78 is 13.3. The molecule has 0 bridgehead atoms. The van der Waals surface area contributed by atoms with E-state index in [1.165, 1.54) is 17.7 Å². The summed E-state index contributed by atoms with van der Waals surface area (Å²) >= 11 is 5.86. The predicted molar refractivity (Wildman–Crippen MR) is 75.8 cm³/mol. The molecule has 98 valence electrons. The first-order chi connectivity index (χ1) is 9.13. The summed E-state index contributed by atoms with van der Waals surface area (Å²) in [6.45, 7) is 0. The third-order valence-corrected chi connectivity index (χ3v) is 3.68. The van der Waals surface area contributed by atoms with E-state index >= 15 is 0 Å². The van der Waals surface area contributed by atoms with E-state index in [0.717, 1.165) is 12.0 Å². The van der Waals surface area contributed by atoms with Crippen LogP contribution in [0.25, 0.3) is 0 Å². The fourth-order valence-electron chi connectivity index (χ4n) is 2.65. The minimum absolute atomic E-state index is 0.0257. The van der Waals surface area contributed by atoms with Crippen LogP contribution in [0.5, 0.6) is 0 Å². The van der Waals surface area contributed by atoms with Gasteiger partial charge in [0.1, 0.15) is 5.82 Å². The molecule has 19 heavy (non-hydrogen) atoms. The molecule has 3 N–H and O–H groups in total. The quantitative estimate of drug-likeness (QED) is 0.869. The van der Waals surface area contributed by atoms with Gasteiger partial charge in [0.25, 0.3) is 0 Å². The Labute approximate surface area is 116 Å². The molecule has 2 atom stereocenters. The molecular weight excluding hydrogens is 263 g/mol. The summed E-state index contributed by atoms with van der Waals surface area (Å²) in [6, 6.07) is 12.7. The monoisotopic (exact) mass is 276 g/mol. The van der Waals surface area contributed by atoms with Crippen molar-refractivity contribution in [2.45, 2.75) is 18.5 Å². The van der Waals surface area contributed by atoms with Crippen LogP contribution in [-0.2, 0) is 0 Å². The van der Waals surface area contributed by atoms with Gasteiger partial charge in [-0.15, -0.1) is 0 Å². The van der Waals surface area contributed by atoms with Gasteiger partial charge in [0.05, 0.1) is 6.04 Å². The van der Waals surface area contributed by atoms with Crippen LogP contribution in [0, 0.1) is 5.82 Å². The zero-order valence-corrected chi connectivity index (χ0v) is 11.0. The first kappa shape index (κ1) is 12.5. The second-order valence-corrected chi connectivity index (χ2v) is 5.26. The molecule has 4 heteroatoms. The standard InChI is InChI=1S/C15H14ClFN2/c16-9-5-10(17)7-11(6-9)19-15-8-14(18)12-3-1-2-4-13(12)15/h1-7,14-15,19H,8,18H2. The maximum atomic E-state index is 13.3. The fourth-order valence-corrected chi connectivity index (χ4v) is 2.87. The van der Waals surface area contributed by atoms with E-state index in [2.05, 4.69) is 11.4 Å². The molecule has 1 aliphatic carbocycles. The Balaban J connectivity index is 1.89. The third kappa shape index (κ3) is 2.44. The minimum atomic E-state index is -0.342. The van der Waals surface area contributed by atoms with Crippen LogP contribution < -0.4 is 11.1 Å². The molecule has 0 fully saturated rings. The number of fused-ring (bicyclic) bond motifs is 1. The van der Waals surface area contributed by atoms with Gasteiger partial charge < -0.3 is 11.1 Å². The topological polar surface area (TPSA) is 38.0 Å². The predicted octanol–water partition coefficient (Wildman–Crippen LogP) is 4.04. The van der Waals surface area contributed by atoms with Gasteiger partial charge >= 0.3 is 0 Å². The Hall–Kier alpha value is -1.58. The molecule has 0 aromatic heterocycles. The number of nitrogens with one attached hydrogen (secondary N) is 1. The smallest absolute Gasteiger partial charge is 0.126 e. The molecule has 2 unspecified atom stereocenters. The lowest BCUT2D eigenvalue weighted by atomic mass is 10.1. The van der Waals surface area contributed by atoms with E-state index in [1.807, 2.05) is 18.2 Å². The van der Waals surface area contributed by atoms with Crippen molar-refractivity contribution < 1.29 is 4.39 Å². The number of hydrogen-bond donors (Lipinski definition) is 2. The lowest BCUT2D eigenvalue weighted by molar-refractivity contribution is 0.625. The lowest BCUT2D eigenvalue weighted by Gasteiger charge is -2.16. The molecule has 0 saturated heterocycles. The molecule has 0 aliphatic heterocycles. The van der Waals surface area contributed by atoms with Crippen molar-refractivity contribution in [3.8, 4) is 0 Å². The summed E-state index contributed by atoms with van der Waals surface area (Å²) in [7, 11) is 0. The van der Waals surface area contributed by atoms with E-state index in [4.69, 9.17) is 17.3 Å². The normalized spacial score (nSPS) is 21.2. The summed E-state index contributed by atoms with van der Waals surface area (Å²) in [6.07, 6.45) is 0.799. The number of nitrogens with two attached hydrogens (primary N) is 1. The Morgan fingerprint density at radius 1 is 1.16 bits per heavy atom. The van der Waals surface area contributed by atoms with Gasteiger partial charge in [0.2, 0.25) is 0 Å². The Morgan fingerprint density at radius 2 is 1.89 bits per heavy atom. The van der Waals surface area contributed by atoms with Crippen molar-refractivity contribution in [1.82, 2.24) is 0 Å². The van der Waals surface area contributed by atoms with E-state index in [0.29, 0.717) is 10.7 Å². The zero-order valence-electron chi connectivity index (χ0n) is 10.2. The van der Waals surface area contributed by atoms with Crippen molar-refractivity contribution in [3.63, 3.8) is 0 Å². The van der Waals surface area contributed by atoms with Crippen molar-refractivity contribution in [2.75, 3.05) is 5.32 Å².